The van der Waals surface area contributed by atoms with E-state index < -0.39 is 11.7 Å². The summed E-state index contributed by atoms with van der Waals surface area (Å²) in [5.41, 5.74) is 1.70. The number of nitrogens with zero attached hydrogens (tertiary/aromatic N) is 2. The number of benzene rings is 2. The number of hydrogen-bond acceptors (Lipinski definition) is 5. The number of nitrogens with one attached hydrogen (secondary N) is 2. The Labute approximate surface area is 161 Å². The van der Waals surface area contributed by atoms with Crippen molar-refractivity contribution in [3.63, 3.8) is 0 Å². The number of halogens is 3. The number of piperazine rings is 1. The van der Waals surface area contributed by atoms with Gasteiger partial charge in [-0.05, 0) is 37.3 Å². The molecule has 1 aliphatic heterocycles. The van der Waals surface area contributed by atoms with E-state index in [1.165, 1.54) is 24.2 Å². The summed E-state index contributed by atoms with van der Waals surface area (Å²) in [4.78, 5) is 5.88. The van der Waals surface area contributed by atoms with E-state index in [2.05, 4.69) is 20.1 Å². The number of alkyl halides is 3. The largest absolute Gasteiger partial charge is 0.416 e. The molecule has 0 unspecified atom stereocenters. The maximum absolute atomic E-state index is 13.1. The second-order valence-corrected chi connectivity index (χ2v) is 7.13. The van der Waals surface area contributed by atoms with E-state index in [0.29, 0.717) is 5.56 Å². The second-order valence-electron chi connectivity index (χ2n) is 6.27. The lowest BCUT2D eigenvalue weighted by molar-refractivity contribution is -0.137. The van der Waals surface area contributed by atoms with Gasteiger partial charge in [0.1, 0.15) is 0 Å². The minimum absolute atomic E-state index is 0.448. The third-order valence-electron chi connectivity index (χ3n) is 4.25. The van der Waals surface area contributed by atoms with Crippen LogP contribution in [0.25, 0.3) is 0 Å². The highest BCUT2D eigenvalue weighted by atomic mass is 32.2. The molecular formula is C19H21F3N4S. The Morgan fingerprint density at radius 1 is 1.11 bits per heavy atom. The smallest absolute Gasteiger partial charge is 0.368 e. The maximum atomic E-state index is 13.1. The third-order valence-corrected chi connectivity index (χ3v) is 4.96. The molecule has 2 N–H and O–H groups in total. The van der Waals surface area contributed by atoms with Gasteiger partial charge in [0.05, 0.1) is 11.8 Å². The van der Waals surface area contributed by atoms with Crippen molar-refractivity contribution in [1.82, 2.24) is 10.1 Å². The minimum atomic E-state index is -4.38. The van der Waals surface area contributed by atoms with Gasteiger partial charge in [0.2, 0.25) is 0 Å². The van der Waals surface area contributed by atoms with Crippen molar-refractivity contribution in [1.29, 1.82) is 0 Å². The predicted octanol–water partition coefficient (Wildman–Crippen LogP) is 4.05. The van der Waals surface area contributed by atoms with Crippen LogP contribution in [0.5, 0.6) is 0 Å². The van der Waals surface area contributed by atoms with Crippen LogP contribution in [0.2, 0.25) is 0 Å². The van der Waals surface area contributed by atoms with Gasteiger partial charge in [0.25, 0.3) is 0 Å². The SMILES string of the molecule is Cc1ccc(SN/N=C/c2cc(C(F)(F)F)ccc2N2CCNCC2)cc1. The Balaban J connectivity index is 1.76. The fourth-order valence-electron chi connectivity index (χ4n) is 2.81. The molecule has 0 spiro atoms. The van der Waals surface area contributed by atoms with Crippen molar-refractivity contribution < 1.29 is 13.2 Å². The summed E-state index contributed by atoms with van der Waals surface area (Å²) in [6.07, 6.45) is -2.93. The summed E-state index contributed by atoms with van der Waals surface area (Å²) in [6, 6.07) is 11.7. The molecule has 0 aromatic heterocycles. The van der Waals surface area contributed by atoms with Crippen LogP contribution in [0, 0.1) is 6.92 Å². The number of anilines is 1. The first-order valence-electron chi connectivity index (χ1n) is 8.62. The molecule has 0 saturated carbocycles. The zero-order valence-corrected chi connectivity index (χ0v) is 15.7. The number of hydrogen-bond donors (Lipinski definition) is 2. The first-order chi connectivity index (χ1) is 12.9. The average molecular weight is 394 g/mol. The van der Waals surface area contributed by atoms with E-state index in [1.54, 1.807) is 0 Å². The highest BCUT2D eigenvalue weighted by Crippen LogP contribution is 2.32. The van der Waals surface area contributed by atoms with Crippen LogP contribution >= 0.6 is 11.9 Å². The number of hydrazone groups is 1. The molecule has 144 valence electrons. The van der Waals surface area contributed by atoms with Gasteiger partial charge in [-0.25, -0.2) is 4.83 Å². The molecule has 0 atom stereocenters. The van der Waals surface area contributed by atoms with Crippen LogP contribution in [-0.2, 0) is 6.18 Å². The molecule has 0 bridgehead atoms. The molecule has 0 aliphatic carbocycles. The third kappa shape index (κ3) is 5.40. The monoisotopic (exact) mass is 394 g/mol. The summed E-state index contributed by atoms with van der Waals surface area (Å²) in [6.45, 7) is 5.11. The Morgan fingerprint density at radius 3 is 2.48 bits per heavy atom. The van der Waals surface area contributed by atoms with E-state index in [-0.39, 0.29) is 0 Å². The molecule has 27 heavy (non-hydrogen) atoms. The van der Waals surface area contributed by atoms with Crippen LogP contribution in [0.4, 0.5) is 18.9 Å². The number of rotatable bonds is 5. The predicted molar refractivity (Wildman–Crippen MR) is 104 cm³/mol. The van der Waals surface area contributed by atoms with Crippen LogP contribution in [-0.4, -0.2) is 32.4 Å². The number of aryl methyl sites for hydroxylation is 1. The molecule has 2 aromatic carbocycles. The van der Waals surface area contributed by atoms with Gasteiger partial charge >= 0.3 is 6.18 Å². The summed E-state index contributed by atoms with van der Waals surface area (Å²) >= 11 is 1.31. The first-order valence-corrected chi connectivity index (χ1v) is 9.43. The van der Waals surface area contributed by atoms with Crippen molar-refractivity contribution >= 4 is 23.8 Å². The molecule has 1 heterocycles. The van der Waals surface area contributed by atoms with Crippen LogP contribution in [0.15, 0.2) is 52.5 Å². The minimum Gasteiger partial charge on any atom is -0.368 e. The van der Waals surface area contributed by atoms with Crippen molar-refractivity contribution in [3.8, 4) is 0 Å². The van der Waals surface area contributed by atoms with Gasteiger partial charge in [0, 0.05) is 54.3 Å². The zero-order chi connectivity index (χ0) is 19.3. The standard InChI is InChI=1S/C19H21F3N4S/c1-14-2-5-17(6-3-14)27-25-24-13-15-12-16(19(20,21)22)4-7-18(15)26-10-8-23-9-11-26/h2-7,12-13,23,25H,8-11H2,1H3/b24-13+. The highest BCUT2D eigenvalue weighted by molar-refractivity contribution is 7.97. The van der Waals surface area contributed by atoms with E-state index in [4.69, 9.17) is 0 Å². The van der Waals surface area contributed by atoms with Crippen molar-refractivity contribution in [2.24, 2.45) is 5.10 Å². The van der Waals surface area contributed by atoms with Gasteiger partial charge in [-0.3, -0.25) is 0 Å². The summed E-state index contributed by atoms with van der Waals surface area (Å²) in [5.74, 6) is 0. The molecule has 1 saturated heterocycles. The van der Waals surface area contributed by atoms with E-state index in [0.717, 1.165) is 54.5 Å². The van der Waals surface area contributed by atoms with Crippen LogP contribution < -0.4 is 15.0 Å². The van der Waals surface area contributed by atoms with Gasteiger partial charge in [-0.15, -0.1) is 0 Å². The quantitative estimate of drug-likeness (QED) is 0.456. The van der Waals surface area contributed by atoms with Crippen molar-refractivity contribution in [2.45, 2.75) is 18.0 Å². The molecule has 0 amide bonds. The lowest BCUT2D eigenvalue weighted by atomic mass is 10.1. The summed E-state index contributed by atoms with van der Waals surface area (Å²) < 4.78 is 39.3. The van der Waals surface area contributed by atoms with Crippen molar-refractivity contribution in [3.05, 3.63) is 59.2 Å². The fourth-order valence-corrected chi connectivity index (χ4v) is 3.29. The maximum Gasteiger partial charge on any atom is 0.416 e. The fraction of sp³-hybridized carbons (Fsp3) is 0.316. The van der Waals surface area contributed by atoms with Crippen LogP contribution in [0.1, 0.15) is 16.7 Å². The van der Waals surface area contributed by atoms with Gasteiger partial charge in [-0.1, -0.05) is 17.7 Å². The normalized spacial score (nSPS) is 15.3. The molecule has 1 aliphatic rings. The van der Waals surface area contributed by atoms with E-state index >= 15 is 0 Å². The molecular weight excluding hydrogens is 373 g/mol. The Kier molecular flexibility index (Phi) is 6.28. The summed E-state index contributed by atoms with van der Waals surface area (Å²) in [5, 5.41) is 7.36. The Morgan fingerprint density at radius 2 is 1.81 bits per heavy atom. The van der Waals surface area contributed by atoms with Gasteiger partial charge in [-0.2, -0.15) is 18.3 Å². The second kappa shape index (κ2) is 8.67. The lowest BCUT2D eigenvalue weighted by Gasteiger charge is -2.30. The van der Waals surface area contributed by atoms with Crippen molar-refractivity contribution in [2.75, 3.05) is 31.1 Å². The zero-order valence-electron chi connectivity index (χ0n) is 14.9. The lowest BCUT2D eigenvalue weighted by Crippen LogP contribution is -2.43. The molecule has 1 fully saturated rings. The topological polar surface area (TPSA) is 39.7 Å². The Hall–Kier alpha value is -2.19. The van der Waals surface area contributed by atoms with E-state index in [1.807, 2.05) is 31.2 Å². The molecule has 8 heteroatoms. The van der Waals surface area contributed by atoms with E-state index in [9.17, 15) is 13.2 Å². The Bertz CT molecular complexity index is 785. The molecule has 3 rings (SSSR count). The molecule has 0 radical (unpaired) electrons. The summed E-state index contributed by atoms with van der Waals surface area (Å²) in [7, 11) is 0. The van der Waals surface area contributed by atoms with Gasteiger partial charge in [0.15, 0.2) is 0 Å². The first kappa shape index (κ1) is 19.6. The van der Waals surface area contributed by atoms with Crippen LogP contribution in [0.3, 0.4) is 0 Å². The molecule has 4 nitrogen and oxygen atoms in total. The average Bonchev–Trinajstić information content (AvgIpc) is 2.66. The highest BCUT2D eigenvalue weighted by Gasteiger charge is 2.31. The van der Waals surface area contributed by atoms with Gasteiger partial charge < -0.3 is 10.2 Å². The molecule has 2 aromatic rings.